The summed E-state index contributed by atoms with van der Waals surface area (Å²) in [5.41, 5.74) is 5.89. The summed E-state index contributed by atoms with van der Waals surface area (Å²) in [5, 5.41) is 0. The molecule has 0 amide bonds. The van der Waals surface area contributed by atoms with Crippen molar-refractivity contribution in [3.8, 4) is 5.75 Å². The quantitative estimate of drug-likeness (QED) is 0.897. The Labute approximate surface area is 114 Å². The summed E-state index contributed by atoms with van der Waals surface area (Å²) in [6.45, 7) is 5.19. The maximum Gasteiger partial charge on any atom is 0.243 e. The summed E-state index contributed by atoms with van der Waals surface area (Å²) < 4.78 is 31.8. The molecule has 1 aromatic rings. The molecule has 1 saturated heterocycles. The van der Waals surface area contributed by atoms with E-state index in [2.05, 4.69) is 0 Å². The molecule has 0 aliphatic carbocycles. The highest BCUT2D eigenvalue weighted by molar-refractivity contribution is 7.89. The highest BCUT2D eigenvalue weighted by Crippen LogP contribution is 2.25. The second kappa shape index (κ2) is 5.48. The van der Waals surface area contributed by atoms with Gasteiger partial charge in [0.25, 0.3) is 0 Å². The molecule has 2 atom stereocenters. The average molecular weight is 284 g/mol. The summed E-state index contributed by atoms with van der Waals surface area (Å²) in [6.07, 6.45) is 0. The molecule has 1 heterocycles. The Hall–Kier alpha value is -1.11. The largest absolute Gasteiger partial charge is 0.494 e. The van der Waals surface area contributed by atoms with E-state index in [9.17, 15) is 8.42 Å². The molecule has 2 N–H and O–H groups in total. The van der Waals surface area contributed by atoms with E-state index in [0.29, 0.717) is 25.4 Å². The van der Waals surface area contributed by atoms with Crippen LogP contribution >= 0.6 is 0 Å². The van der Waals surface area contributed by atoms with Crippen LogP contribution in [0.3, 0.4) is 0 Å². The monoisotopic (exact) mass is 284 g/mol. The lowest BCUT2D eigenvalue weighted by Crippen LogP contribution is -2.32. The van der Waals surface area contributed by atoms with Crippen LogP contribution in [0.5, 0.6) is 5.75 Å². The fraction of sp³-hybridized carbons (Fsp3) is 0.538. The summed E-state index contributed by atoms with van der Waals surface area (Å²) in [6, 6.07) is 6.50. The van der Waals surface area contributed by atoms with Gasteiger partial charge in [-0.2, -0.15) is 4.31 Å². The highest BCUT2D eigenvalue weighted by atomic mass is 32.2. The Bertz CT molecular complexity index is 535. The molecule has 1 aliphatic heterocycles. The van der Waals surface area contributed by atoms with Crippen LogP contribution in [-0.4, -0.2) is 38.5 Å². The molecule has 0 radical (unpaired) electrons. The smallest absolute Gasteiger partial charge is 0.243 e. The van der Waals surface area contributed by atoms with Gasteiger partial charge in [-0.25, -0.2) is 8.42 Å². The minimum absolute atomic E-state index is 0.0927. The third-order valence-corrected chi connectivity index (χ3v) is 5.22. The first-order valence-corrected chi connectivity index (χ1v) is 7.87. The van der Waals surface area contributed by atoms with Crippen LogP contribution in [0.15, 0.2) is 29.2 Å². The first kappa shape index (κ1) is 14.3. The Morgan fingerprint density at radius 3 is 2.74 bits per heavy atom. The average Bonchev–Trinajstić information content (AvgIpc) is 2.71. The lowest BCUT2D eigenvalue weighted by molar-refractivity contribution is 0.339. The van der Waals surface area contributed by atoms with Crippen LogP contribution in [0.1, 0.15) is 13.8 Å². The Morgan fingerprint density at radius 1 is 1.42 bits per heavy atom. The summed E-state index contributed by atoms with van der Waals surface area (Å²) in [5.74, 6) is 0.755. The van der Waals surface area contributed by atoms with E-state index in [-0.39, 0.29) is 16.9 Å². The van der Waals surface area contributed by atoms with Crippen molar-refractivity contribution in [2.75, 3.05) is 19.7 Å². The van der Waals surface area contributed by atoms with Gasteiger partial charge in [0.05, 0.1) is 11.5 Å². The number of nitrogens with two attached hydrogens (primary N) is 1. The van der Waals surface area contributed by atoms with E-state index in [1.807, 2.05) is 13.8 Å². The molecular weight excluding hydrogens is 264 g/mol. The second-order valence-corrected chi connectivity index (χ2v) is 6.81. The zero-order chi connectivity index (χ0) is 14.0. The van der Waals surface area contributed by atoms with Crippen LogP contribution in [0.25, 0.3) is 0 Å². The molecular formula is C13H20N2O3S. The molecule has 0 spiro atoms. The van der Waals surface area contributed by atoms with Gasteiger partial charge in [-0.05, 0) is 25.0 Å². The number of hydrogen-bond donors (Lipinski definition) is 1. The Kier molecular flexibility index (Phi) is 4.13. The Balaban J connectivity index is 2.27. The van der Waals surface area contributed by atoms with Crippen molar-refractivity contribution < 1.29 is 13.2 Å². The van der Waals surface area contributed by atoms with Crippen LogP contribution in [0.4, 0.5) is 0 Å². The van der Waals surface area contributed by atoms with Crippen LogP contribution in [0.2, 0.25) is 0 Å². The summed E-state index contributed by atoms with van der Waals surface area (Å²) >= 11 is 0. The fourth-order valence-corrected chi connectivity index (χ4v) is 3.80. The van der Waals surface area contributed by atoms with Gasteiger partial charge in [0, 0.05) is 25.2 Å². The van der Waals surface area contributed by atoms with Crippen LogP contribution in [0, 0.1) is 5.92 Å². The molecule has 0 bridgehead atoms. The van der Waals surface area contributed by atoms with E-state index in [1.54, 1.807) is 24.3 Å². The topological polar surface area (TPSA) is 72.6 Å². The standard InChI is InChI=1S/C13H20N2O3S/c1-3-18-11-5-4-6-12(7-11)19(16,17)15-8-10(2)13(14)9-15/h4-7,10,13H,3,8-9,14H2,1-2H3. The zero-order valence-corrected chi connectivity index (χ0v) is 12.1. The van der Waals surface area contributed by atoms with Crippen molar-refractivity contribution in [2.45, 2.75) is 24.8 Å². The molecule has 1 aromatic carbocycles. The van der Waals surface area contributed by atoms with Crippen molar-refractivity contribution in [1.29, 1.82) is 0 Å². The van der Waals surface area contributed by atoms with Gasteiger partial charge in [0.15, 0.2) is 0 Å². The number of sulfonamides is 1. The number of nitrogens with zero attached hydrogens (tertiary/aromatic N) is 1. The zero-order valence-electron chi connectivity index (χ0n) is 11.2. The molecule has 2 rings (SSSR count). The highest BCUT2D eigenvalue weighted by Gasteiger charge is 2.35. The molecule has 5 nitrogen and oxygen atoms in total. The molecule has 0 aromatic heterocycles. The van der Waals surface area contributed by atoms with Crippen molar-refractivity contribution in [3.63, 3.8) is 0 Å². The van der Waals surface area contributed by atoms with E-state index >= 15 is 0 Å². The first-order valence-electron chi connectivity index (χ1n) is 6.43. The molecule has 2 unspecified atom stereocenters. The molecule has 0 saturated carbocycles. The number of hydrogen-bond acceptors (Lipinski definition) is 4. The van der Waals surface area contributed by atoms with Gasteiger partial charge < -0.3 is 10.5 Å². The molecule has 1 fully saturated rings. The van der Waals surface area contributed by atoms with E-state index in [1.165, 1.54) is 4.31 Å². The van der Waals surface area contributed by atoms with Crippen molar-refractivity contribution in [2.24, 2.45) is 11.7 Å². The third kappa shape index (κ3) is 2.91. The second-order valence-electron chi connectivity index (χ2n) is 4.87. The van der Waals surface area contributed by atoms with Gasteiger partial charge in [-0.3, -0.25) is 0 Å². The minimum atomic E-state index is -3.47. The fourth-order valence-electron chi connectivity index (χ4n) is 2.18. The van der Waals surface area contributed by atoms with Crippen molar-refractivity contribution in [1.82, 2.24) is 4.31 Å². The van der Waals surface area contributed by atoms with Gasteiger partial charge in [0.1, 0.15) is 5.75 Å². The predicted octanol–water partition coefficient (Wildman–Crippen LogP) is 1.05. The lowest BCUT2D eigenvalue weighted by atomic mass is 10.1. The predicted molar refractivity (Wildman–Crippen MR) is 73.5 cm³/mol. The molecule has 19 heavy (non-hydrogen) atoms. The third-order valence-electron chi connectivity index (χ3n) is 3.39. The normalized spacial score (nSPS) is 24.6. The number of ether oxygens (including phenoxy) is 1. The maximum atomic E-state index is 12.5. The lowest BCUT2D eigenvalue weighted by Gasteiger charge is -2.16. The van der Waals surface area contributed by atoms with E-state index < -0.39 is 10.0 Å². The van der Waals surface area contributed by atoms with Gasteiger partial charge in [0.2, 0.25) is 10.0 Å². The van der Waals surface area contributed by atoms with E-state index in [0.717, 1.165) is 0 Å². The Morgan fingerprint density at radius 2 is 2.16 bits per heavy atom. The van der Waals surface area contributed by atoms with Crippen molar-refractivity contribution >= 4 is 10.0 Å². The number of rotatable bonds is 4. The number of benzene rings is 1. The molecule has 6 heteroatoms. The first-order chi connectivity index (χ1) is 8.95. The molecule has 1 aliphatic rings. The maximum absolute atomic E-state index is 12.5. The van der Waals surface area contributed by atoms with E-state index in [4.69, 9.17) is 10.5 Å². The summed E-state index contributed by atoms with van der Waals surface area (Å²) in [4.78, 5) is 0.264. The minimum Gasteiger partial charge on any atom is -0.494 e. The van der Waals surface area contributed by atoms with Gasteiger partial charge >= 0.3 is 0 Å². The van der Waals surface area contributed by atoms with Gasteiger partial charge in [-0.15, -0.1) is 0 Å². The van der Waals surface area contributed by atoms with Gasteiger partial charge in [-0.1, -0.05) is 13.0 Å². The summed E-state index contributed by atoms with van der Waals surface area (Å²) in [7, 11) is -3.47. The van der Waals surface area contributed by atoms with Crippen LogP contribution < -0.4 is 10.5 Å². The SMILES string of the molecule is CCOc1cccc(S(=O)(=O)N2CC(C)C(N)C2)c1. The van der Waals surface area contributed by atoms with Crippen molar-refractivity contribution in [3.05, 3.63) is 24.3 Å². The van der Waals surface area contributed by atoms with Crippen LogP contribution in [-0.2, 0) is 10.0 Å². The molecule has 106 valence electrons.